The molecule has 3 nitrogen and oxygen atoms in total. The number of benzene rings is 2. The van der Waals surface area contributed by atoms with E-state index < -0.39 is 0 Å². The van der Waals surface area contributed by atoms with E-state index in [1.807, 2.05) is 42.5 Å². The van der Waals surface area contributed by atoms with Gasteiger partial charge in [-0.25, -0.2) is 0 Å². The van der Waals surface area contributed by atoms with Gasteiger partial charge in [-0.15, -0.1) is 0 Å². The molecule has 0 radical (unpaired) electrons. The number of rotatable bonds is 4. The highest BCUT2D eigenvalue weighted by Crippen LogP contribution is 2.18. The summed E-state index contributed by atoms with van der Waals surface area (Å²) in [5, 5.41) is 2.01. The van der Waals surface area contributed by atoms with Gasteiger partial charge in [0.15, 0.2) is 18.2 Å². The second-order valence-electron chi connectivity index (χ2n) is 5.27. The molecule has 0 atom stereocenters. The molecule has 0 fully saturated rings. The summed E-state index contributed by atoms with van der Waals surface area (Å²) in [6.07, 6.45) is 3.51. The molecule has 0 N–H and O–H groups in total. The van der Waals surface area contributed by atoms with Crippen molar-refractivity contribution in [2.75, 3.05) is 0 Å². The van der Waals surface area contributed by atoms with Gasteiger partial charge in [-0.1, -0.05) is 42.5 Å². The first-order valence-corrected chi connectivity index (χ1v) is 7.16. The number of halogens is 1. The zero-order valence-electron chi connectivity index (χ0n) is 12.7. The number of carbonyl (C=O) groups is 2. The van der Waals surface area contributed by atoms with Crippen LogP contribution in [-0.2, 0) is 6.54 Å². The number of ketones is 2. The molecule has 0 amide bonds. The van der Waals surface area contributed by atoms with E-state index in [2.05, 4.69) is 0 Å². The van der Waals surface area contributed by atoms with Gasteiger partial charge in [-0.2, -0.15) is 4.57 Å². The van der Waals surface area contributed by atoms with Gasteiger partial charge >= 0.3 is 0 Å². The molecule has 23 heavy (non-hydrogen) atoms. The van der Waals surface area contributed by atoms with Crippen LogP contribution in [0, 0.1) is 0 Å². The molecule has 0 aliphatic heterocycles. The second-order valence-corrected chi connectivity index (χ2v) is 5.27. The van der Waals surface area contributed by atoms with Crippen LogP contribution < -0.4 is 21.5 Å². The smallest absolute Gasteiger partial charge is 0.228 e. The van der Waals surface area contributed by atoms with Crippen molar-refractivity contribution in [1.82, 2.24) is 0 Å². The molecule has 0 saturated carbocycles. The quantitative estimate of drug-likeness (QED) is 0.487. The second kappa shape index (κ2) is 7.29. The number of Topliss-reactive ketones (excluding diaryl/α,β-unsaturated/α-hetero) is 2. The van der Waals surface area contributed by atoms with Crippen molar-refractivity contribution in [1.29, 1.82) is 0 Å². The van der Waals surface area contributed by atoms with Crippen LogP contribution in [0.25, 0.3) is 10.8 Å². The molecule has 0 bridgehead atoms. The highest BCUT2D eigenvalue weighted by atomic mass is 79.9. The minimum absolute atomic E-state index is 0. The molecular weight excluding hydrogens is 354 g/mol. The fourth-order valence-corrected chi connectivity index (χ4v) is 2.55. The lowest BCUT2D eigenvalue weighted by Gasteiger charge is -2.04. The predicted octanol–water partition coefficient (Wildman–Crippen LogP) is 0.217. The third-order valence-electron chi connectivity index (χ3n) is 3.68. The normalized spacial score (nSPS) is 10.1. The van der Waals surface area contributed by atoms with Crippen molar-refractivity contribution >= 4 is 22.3 Å². The van der Waals surface area contributed by atoms with Crippen molar-refractivity contribution in [3.05, 3.63) is 78.1 Å². The maximum Gasteiger partial charge on any atom is 0.228 e. The van der Waals surface area contributed by atoms with Crippen molar-refractivity contribution in [3.8, 4) is 0 Å². The summed E-state index contributed by atoms with van der Waals surface area (Å²) < 4.78 is 1.75. The van der Waals surface area contributed by atoms with E-state index in [-0.39, 0.29) is 35.1 Å². The Labute approximate surface area is 145 Å². The first kappa shape index (κ1) is 17.0. The number of fused-ring (bicyclic) bond motifs is 1. The van der Waals surface area contributed by atoms with Gasteiger partial charge in [0.25, 0.3) is 0 Å². The minimum atomic E-state index is -0.00744. The van der Waals surface area contributed by atoms with E-state index >= 15 is 0 Å². The summed E-state index contributed by atoms with van der Waals surface area (Å²) in [6.45, 7) is 1.74. The van der Waals surface area contributed by atoms with E-state index in [9.17, 15) is 9.59 Å². The van der Waals surface area contributed by atoms with Crippen LogP contribution in [-0.4, -0.2) is 11.6 Å². The third kappa shape index (κ3) is 3.71. The highest BCUT2D eigenvalue weighted by molar-refractivity contribution is 6.07. The standard InChI is InChI=1S/C19H16NO2.BrH/c1-14(21)16-8-5-11-20(12-16)13-19(22)18-10-4-7-15-6-2-3-9-17(15)18;/h2-12H,13H2,1H3;1H/q+1;/p-1. The van der Waals surface area contributed by atoms with Gasteiger partial charge < -0.3 is 17.0 Å². The Hall–Kier alpha value is -2.33. The summed E-state index contributed by atoms with van der Waals surface area (Å²) in [4.78, 5) is 24.0. The lowest BCUT2D eigenvalue weighted by molar-refractivity contribution is -0.683. The van der Waals surface area contributed by atoms with E-state index in [0.29, 0.717) is 11.1 Å². The lowest BCUT2D eigenvalue weighted by atomic mass is 10.0. The van der Waals surface area contributed by atoms with Crippen molar-refractivity contribution in [3.63, 3.8) is 0 Å². The Morgan fingerprint density at radius 3 is 2.48 bits per heavy atom. The molecule has 0 unspecified atom stereocenters. The molecule has 0 aliphatic carbocycles. The largest absolute Gasteiger partial charge is 1.00 e. The number of pyridine rings is 1. The van der Waals surface area contributed by atoms with Crippen LogP contribution in [0.4, 0.5) is 0 Å². The zero-order chi connectivity index (χ0) is 15.5. The highest BCUT2D eigenvalue weighted by Gasteiger charge is 2.15. The molecule has 4 heteroatoms. The van der Waals surface area contributed by atoms with Gasteiger partial charge in [0.05, 0.1) is 5.56 Å². The maximum absolute atomic E-state index is 12.6. The summed E-state index contributed by atoms with van der Waals surface area (Å²) >= 11 is 0. The van der Waals surface area contributed by atoms with Gasteiger partial charge in [0, 0.05) is 11.6 Å². The Morgan fingerprint density at radius 1 is 0.957 bits per heavy atom. The molecule has 0 saturated heterocycles. The number of hydrogen-bond donors (Lipinski definition) is 0. The predicted molar refractivity (Wildman–Crippen MR) is 84.9 cm³/mol. The molecule has 0 spiro atoms. The third-order valence-corrected chi connectivity index (χ3v) is 3.68. The number of aromatic nitrogens is 1. The summed E-state index contributed by atoms with van der Waals surface area (Å²) in [6, 6.07) is 17.1. The van der Waals surface area contributed by atoms with Gasteiger partial charge in [0.1, 0.15) is 0 Å². The minimum Gasteiger partial charge on any atom is -1.00 e. The van der Waals surface area contributed by atoms with E-state index in [4.69, 9.17) is 0 Å². The van der Waals surface area contributed by atoms with Crippen LogP contribution in [0.3, 0.4) is 0 Å². The van der Waals surface area contributed by atoms with Crippen LogP contribution in [0.1, 0.15) is 27.6 Å². The molecule has 2 aromatic carbocycles. The summed E-state index contributed by atoms with van der Waals surface area (Å²) in [5.41, 5.74) is 1.31. The summed E-state index contributed by atoms with van der Waals surface area (Å²) in [5.74, 6) is 0.0226. The summed E-state index contributed by atoms with van der Waals surface area (Å²) in [7, 11) is 0. The molecule has 0 aliphatic rings. The number of hydrogen-bond acceptors (Lipinski definition) is 2. The molecule has 1 aromatic heterocycles. The fourth-order valence-electron chi connectivity index (χ4n) is 2.55. The van der Waals surface area contributed by atoms with Crippen LogP contribution in [0.5, 0.6) is 0 Å². The average molecular weight is 370 g/mol. The Morgan fingerprint density at radius 2 is 1.70 bits per heavy atom. The average Bonchev–Trinajstić information content (AvgIpc) is 2.54. The Kier molecular flexibility index (Phi) is 5.40. The first-order chi connectivity index (χ1) is 10.6. The van der Waals surface area contributed by atoms with Crippen molar-refractivity contribution in [2.24, 2.45) is 0 Å². The zero-order valence-corrected chi connectivity index (χ0v) is 14.3. The van der Waals surface area contributed by atoms with Gasteiger partial charge in [-0.3, -0.25) is 9.59 Å². The SMILES string of the molecule is CC(=O)c1ccc[n+](CC(=O)c2cccc3ccccc23)c1.[Br-]. The van der Waals surface area contributed by atoms with Crippen molar-refractivity contribution in [2.45, 2.75) is 13.5 Å². The van der Waals surface area contributed by atoms with E-state index in [0.717, 1.165) is 10.8 Å². The maximum atomic E-state index is 12.6. The van der Waals surface area contributed by atoms with Gasteiger partial charge in [0.2, 0.25) is 12.3 Å². The first-order valence-electron chi connectivity index (χ1n) is 7.16. The Bertz CT molecular complexity index is 869. The molecule has 116 valence electrons. The van der Waals surface area contributed by atoms with Crippen LogP contribution in [0.15, 0.2) is 67.0 Å². The monoisotopic (exact) mass is 369 g/mol. The molecular formula is C19H16BrNO2. The van der Waals surface area contributed by atoms with E-state index in [1.165, 1.54) is 6.92 Å². The Balaban J connectivity index is 0.00000192. The fraction of sp³-hybridized carbons (Fsp3) is 0.105. The molecule has 3 aromatic rings. The number of nitrogens with zero attached hydrogens (tertiary/aromatic N) is 1. The number of carbonyl (C=O) groups excluding carboxylic acids is 2. The molecule has 3 rings (SSSR count). The van der Waals surface area contributed by atoms with Gasteiger partial charge in [-0.05, 0) is 23.8 Å². The van der Waals surface area contributed by atoms with Crippen LogP contribution >= 0.6 is 0 Å². The van der Waals surface area contributed by atoms with E-state index in [1.54, 1.807) is 29.1 Å². The van der Waals surface area contributed by atoms with Crippen LogP contribution in [0.2, 0.25) is 0 Å². The lowest BCUT2D eigenvalue weighted by Crippen LogP contribution is -3.00. The topological polar surface area (TPSA) is 38.0 Å². The van der Waals surface area contributed by atoms with Crippen molar-refractivity contribution < 1.29 is 31.1 Å². The molecule has 1 heterocycles.